The molecule has 3 aromatic rings. The van der Waals surface area contributed by atoms with E-state index in [1.165, 1.54) is 0 Å². The lowest BCUT2D eigenvalue weighted by molar-refractivity contribution is 0.0827. The first-order valence-corrected chi connectivity index (χ1v) is 9.93. The minimum Gasteiger partial charge on any atom is -0.457 e. The monoisotopic (exact) mass is 407 g/mol. The molecule has 1 aromatic heterocycles. The molecule has 0 atom stereocenters. The van der Waals surface area contributed by atoms with Gasteiger partial charge in [0.2, 0.25) is 0 Å². The molecule has 0 spiro atoms. The Hall–Kier alpha value is -3.16. The number of amides is 1. The van der Waals surface area contributed by atoms with Gasteiger partial charge in [-0.2, -0.15) is 5.10 Å². The largest absolute Gasteiger partial charge is 0.457 e. The molecule has 0 unspecified atom stereocenters. The van der Waals surface area contributed by atoms with Crippen molar-refractivity contribution in [2.75, 3.05) is 41.3 Å². The zero-order valence-electron chi connectivity index (χ0n) is 18.0. The molecule has 0 aliphatic rings. The van der Waals surface area contributed by atoms with Crippen molar-refractivity contribution in [1.82, 2.24) is 25.3 Å². The number of carbonyl (C=O) groups is 1. The van der Waals surface area contributed by atoms with Crippen molar-refractivity contribution in [3.05, 3.63) is 65.9 Å². The van der Waals surface area contributed by atoms with Crippen molar-refractivity contribution in [3.8, 4) is 22.8 Å². The number of carbonyl (C=O) groups excluding carboxylic acids is 1. The van der Waals surface area contributed by atoms with Crippen LogP contribution in [0.25, 0.3) is 11.3 Å². The second-order valence-electron chi connectivity index (χ2n) is 7.45. The smallest absolute Gasteiger partial charge is 0.253 e. The fourth-order valence-electron chi connectivity index (χ4n) is 3.13. The Morgan fingerprint density at radius 2 is 1.87 bits per heavy atom. The van der Waals surface area contributed by atoms with Crippen LogP contribution in [0.1, 0.15) is 15.9 Å². The van der Waals surface area contributed by atoms with Crippen LogP contribution in [0.4, 0.5) is 0 Å². The molecular weight excluding hydrogens is 378 g/mol. The average molecular weight is 408 g/mol. The summed E-state index contributed by atoms with van der Waals surface area (Å²) >= 11 is 0. The van der Waals surface area contributed by atoms with Gasteiger partial charge in [0, 0.05) is 56.6 Å². The first kappa shape index (κ1) is 21.5. The molecule has 0 fully saturated rings. The highest BCUT2D eigenvalue weighted by atomic mass is 16.5. The molecular formula is C23H29N5O2. The number of nitrogens with zero attached hydrogens (tertiary/aromatic N) is 3. The van der Waals surface area contributed by atoms with E-state index in [0.717, 1.165) is 36.5 Å². The third-order valence-corrected chi connectivity index (χ3v) is 4.75. The molecule has 3 rings (SSSR count). The number of aromatic amines is 1. The molecule has 2 aromatic carbocycles. The van der Waals surface area contributed by atoms with Crippen LogP contribution in [0.2, 0.25) is 0 Å². The van der Waals surface area contributed by atoms with Crippen LogP contribution in [-0.2, 0) is 6.54 Å². The van der Waals surface area contributed by atoms with E-state index in [4.69, 9.17) is 4.74 Å². The molecule has 30 heavy (non-hydrogen) atoms. The summed E-state index contributed by atoms with van der Waals surface area (Å²) in [6.07, 6.45) is 1.95. The SMILES string of the molecule is CNCCN(C)Cc1c[nH]nc1-c1ccc(Oc2cccc(C(=O)N(C)C)c2)cc1. The van der Waals surface area contributed by atoms with Crippen LogP contribution in [0.5, 0.6) is 11.5 Å². The number of nitrogens with one attached hydrogen (secondary N) is 2. The maximum atomic E-state index is 12.1. The third kappa shape index (κ3) is 5.46. The molecule has 0 aliphatic heterocycles. The highest BCUT2D eigenvalue weighted by Gasteiger charge is 2.12. The summed E-state index contributed by atoms with van der Waals surface area (Å²) in [5.74, 6) is 1.28. The van der Waals surface area contributed by atoms with E-state index in [0.29, 0.717) is 17.1 Å². The number of hydrogen-bond acceptors (Lipinski definition) is 5. The van der Waals surface area contributed by atoms with Crippen LogP contribution >= 0.6 is 0 Å². The van der Waals surface area contributed by atoms with Crippen molar-refractivity contribution >= 4 is 5.91 Å². The summed E-state index contributed by atoms with van der Waals surface area (Å²) in [6.45, 7) is 2.72. The second kappa shape index (κ2) is 10.0. The zero-order valence-corrected chi connectivity index (χ0v) is 18.0. The Balaban J connectivity index is 1.70. The van der Waals surface area contributed by atoms with Gasteiger partial charge in [-0.1, -0.05) is 6.07 Å². The predicted octanol–water partition coefficient (Wildman–Crippen LogP) is 3.22. The molecule has 1 amide bonds. The molecule has 158 valence electrons. The summed E-state index contributed by atoms with van der Waals surface area (Å²) in [4.78, 5) is 15.9. The van der Waals surface area contributed by atoms with Crippen LogP contribution in [0, 0.1) is 0 Å². The van der Waals surface area contributed by atoms with Gasteiger partial charge in [0.1, 0.15) is 11.5 Å². The topological polar surface area (TPSA) is 73.5 Å². The van der Waals surface area contributed by atoms with Crippen molar-refractivity contribution in [2.24, 2.45) is 0 Å². The lowest BCUT2D eigenvalue weighted by atomic mass is 10.1. The minimum atomic E-state index is -0.0541. The van der Waals surface area contributed by atoms with Crippen LogP contribution in [0.15, 0.2) is 54.7 Å². The van der Waals surface area contributed by atoms with Gasteiger partial charge in [-0.3, -0.25) is 9.89 Å². The van der Waals surface area contributed by atoms with E-state index < -0.39 is 0 Å². The first-order valence-electron chi connectivity index (χ1n) is 9.93. The van der Waals surface area contributed by atoms with Gasteiger partial charge in [0.05, 0.1) is 5.69 Å². The lowest BCUT2D eigenvalue weighted by Crippen LogP contribution is -2.26. The van der Waals surface area contributed by atoms with Crippen molar-refractivity contribution in [3.63, 3.8) is 0 Å². The summed E-state index contributed by atoms with van der Waals surface area (Å²) in [6, 6.07) is 15.0. The summed E-state index contributed by atoms with van der Waals surface area (Å²) in [5.41, 5.74) is 3.71. The molecule has 0 bridgehead atoms. The maximum Gasteiger partial charge on any atom is 0.253 e. The molecule has 1 heterocycles. The number of rotatable bonds is 9. The second-order valence-corrected chi connectivity index (χ2v) is 7.45. The summed E-state index contributed by atoms with van der Waals surface area (Å²) < 4.78 is 5.95. The van der Waals surface area contributed by atoms with Gasteiger partial charge >= 0.3 is 0 Å². The standard InChI is InChI=1S/C23H29N5O2/c1-24-12-13-28(4)16-19-15-25-26-22(19)17-8-10-20(11-9-17)30-21-7-5-6-18(14-21)23(29)27(2)3/h5-11,14-15,24H,12-13,16H2,1-4H3,(H,25,26). The molecule has 0 radical (unpaired) electrons. The summed E-state index contributed by atoms with van der Waals surface area (Å²) in [7, 11) is 7.52. The lowest BCUT2D eigenvalue weighted by Gasteiger charge is -2.16. The van der Waals surface area contributed by atoms with E-state index in [1.807, 2.05) is 49.6 Å². The van der Waals surface area contributed by atoms with E-state index in [1.54, 1.807) is 31.1 Å². The third-order valence-electron chi connectivity index (χ3n) is 4.75. The molecule has 2 N–H and O–H groups in total. The highest BCUT2D eigenvalue weighted by molar-refractivity contribution is 5.94. The first-order chi connectivity index (χ1) is 14.5. The highest BCUT2D eigenvalue weighted by Crippen LogP contribution is 2.27. The Morgan fingerprint density at radius 1 is 1.10 bits per heavy atom. The van der Waals surface area contributed by atoms with Gasteiger partial charge in [-0.25, -0.2) is 0 Å². The quantitative estimate of drug-likeness (QED) is 0.570. The molecule has 7 nitrogen and oxygen atoms in total. The van der Waals surface area contributed by atoms with Crippen LogP contribution < -0.4 is 10.1 Å². The van der Waals surface area contributed by atoms with Gasteiger partial charge in [0.15, 0.2) is 0 Å². The van der Waals surface area contributed by atoms with E-state index in [2.05, 4.69) is 27.5 Å². The van der Waals surface area contributed by atoms with Crippen LogP contribution in [-0.4, -0.2) is 67.2 Å². The number of likely N-dealkylation sites (N-methyl/N-ethyl adjacent to an activating group) is 2. The van der Waals surface area contributed by atoms with Crippen LogP contribution in [0.3, 0.4) is 0 Å². The van der Waals surface area contributed by atoms with Gasteiger partial charge in [-0.05, 0) is 56.6 Å². The van der Waals surface area contributed by atoms with E-state index >= 15 is 0 Å². The van der Waals surface area contributed by atoms with E-state index in [-0.39, 0.29) is 5.91 Å². The summed E-state index contributed by atoms with van der Waals surface area (Å²) in [5, 5.41) is 10.6. The average Bonchev–Trinajstić information content (AvgIpc) is 3.20. The van der Waals surface area contributed by atoms with Gasteiger partial charge < -0.3 is 19.9 Å². The number of ether oxygens (including phenoxy) is 1. The number of aromatic nitrogens is 2. The number of H-pyrrole nitrogens is 1. The molecule has 0 saturated heterocycles. The Kier molecular flexibility index (Phi) is 7.21. The minimum absolute atomic E-state index is 0.0541. The molecule has 7 heteroatoms. The number of benzene rings is 2. The maximum absolute atomic E-state index is 12.1. The Morgan fingerprint density at radius 3 is 2.57 bits per heavy atom. The fourth-order valence-corrected chi connectivity index (χ4v) is 3.13. The molecule has 0 saturated carbocycles. The van der Waals surface area contributed by atoms with Crippen molar-refractivity contribution in [2.45, 2.75) is 6.54 Å². The molecule has 0 aliphatic carbocycles. The fraction of sp³-hybridized carbons (Fsp3) is 0.304. The normalized spacial score (nSPS) is 11.0. The van der Waals surface area contributed by atoms with Gasteiger partial charge in [0.25, 0.3) is 5.91 Å². The zero-order chi connectivity index (χ0) is 21.5. The van der Waals surface area contributed by atoms with Gasteiger partial charge in [-0.15, -0.1) is 0 Å². The number of hydrogen-bond donors (Lipinski definition) is 2. The van der Waals surface area contributed by atoms with E-state index in [9.17, 15) is 4.79 Å². The van der Waals surface area contributed by atoms with Crippen molar-refractivity contribution < 1.29 is 9.53 Å². The van der Waals surface area contributed by atoms with Crippen molar-refractivity contribution in [1.29, 1.82) is 0 Å². The predicted molar refractivity (Wildman–Crippen MR) is 119 cm³/mol. The Labute approximate surface area is 177 Å². The Bertz CT molecular complexity index is 966.